The third kappa shape index (κ3) is 3.46. The van der Waals surface area contributed by atoms with Gasteiger partial charge in [-0.1, -0.05) is 0 Å². The van der Waals surface area contributed by atoms with Crippen LogP contribution >= 0.6 is 0 Å². The van der Waals surface area contributed by atoms with E-state index >= 15 is 0 Å². The number of likely N-dealkylation sites (N-methyl/N-ethyl adjacent to an activating group) is 1. The predicted molar refractivity (Wildman–Crippen MR) is 121 cm³/mol. The zero-order chi connectivity index (χ0) is 23.3. The lowest BCUT2D eigenvalue weighted by molar-refractivity contribution is -0.0599. The summed E-state index contributed by atoms with van der Waals surface area (Å²) >= 11 is 0. The molecule has 2 saturated heterocycles. The molecule has 0 aliphatic carbocycles. The van der Waals surface area contributed by atoms with Crippen LogP contribution in [-0.4, -0.2) is 67.5 Å². The number of amides is 1. The molecule has 2 aliphatic rings. The van der Waals surface area contributed by atoms with E-state index in [2.05, 4.69) is 20.2 Å². The lowest BCUT2D eigenvalue weighted by Crippen LogP contribution is -2.62. The molecule has 1 spiro atoms. The fourth-order valence-electron chi connectivity index (χ4n) is 4.63. The van der Waals surface area contributed by atoms with Gasteiger partial charge in [-0.05, 0) is 32.2 Å². The van der Waals surface area contributed by atoms with Gasteiger partial charge in [-0.2, -0.15) is 0 Å². The molecule has 0 bridgehead atoms. The van der Waals surface area contributed by atoms with Gasteiger partial charge in [0.05, 0.1) is 32.0 Å². The van der Waals surface area contributed by atoms with Gasteiger partial charge in [0, 0.05) is 35.8 Å². The summed E-state index contributed by atoms with van der Waals surface area (Å²) in [5.41, 5.74) is 1.96. The lowest BCUT2D eigenvalue weighted by atomic mass is 9.95. The molecule has 2 fully saturated rings. The van der Waals surface area contributed by atoms with Crippen LogP contribution in [0.5, 0.6) is 11.5 Å². The predicted octanol–water partition coefficient (Wildman–Crippen LogP) is 3.48. The number of anilines is 3. The molecule has 1 aromatic heterocycles. The molecule has 3 heterocycles. The topological polar surface area (TPSA) is 89.1 Å². The highest BCUT2D eigenvalue weighted by atomic mass is 19.1. The number of aromatic nitrogens is 2. The molecule has 0 radical (unpaired) electrons. The summed E-state index contributed by atoms with van der Waals surface area (Å²) in [7, 11) is 4.96. The lowest BCUT2D eigenvalue weighted by Gasteiger charge is -2.43. The number of carbonyl (C=O) groups is 1. The van der Waals surface area contributed by atoms with Crippen molar-refractivity contribution in [1.82, 2.24) is 14.9 Å². The number of carbonyl (C=O) groups excluding carboxylic acids is 1. The van der Waals surface area contributed by atoms with E-state index < -0.39 is 17.5 Å². The number of halogens is 1. The highest BCUT2D eigenvalue weighted by Gasteiger charge is 2.53. The molecule has 9 nitrogen and oxygen atoms in total. The average molecular weight is 453 g/mol. The standard InChI is InChI=1S/C23H24FN5O4/c1-13-16(6-5-15(24)20(13)32-4)27-21-14-7-18(19(31-3)8-17(14)25-12-26-21)29-11-23(33-22(29)30)9-28(2)10-23/h5-8,12H,9-11H2,1-4H3,(H,25,26,27). The van der Waals surface area contributed by atoms with Crippen LogP contribution in [0.1, 0.15) is 5.56 Å². The summed E-state index contributed by atoms with van der Waals surface area (Å²) in [5, 5.41) is 3.92. The number of hydrogen-bond donors (Lipinski definition) is 1. The minimum Gasteiger partial charge on any atom is -0.494 e. The minimum absolute atomic E-state index is 0.163. The van der Waals surface area contributed by atoms with Crippen LogP contribution in [0.4, 0.5) is 26.4 Å². The summed E-state index contributed by atoms with van der Waals surface area (Å²) in [4.78, 5) is 25.2. The number of likely N-dealkylation sites (tertiary alicyclic amines) is 1. The van der Waals surface area contributed by atoms with Crippen molar-refractivity contribution in [3.8, 4) is 11.5 Å². The van der Waals surface area contributed by atoms with Crippen LogP contribution in [0.2, 0.25) is 0 Å². The molecule has 1 N–H and O–H groups in total. The van der Waals surface area contributed by atoms with Gasteiger partial charge in [0.2, 0.25) is 0 Å². The summed E-state index contributed by atoms with van der Waals surface area (Å²) in [6.45, 7) is 3.57. The van der Waals surface area contributed by atoms with E-state index in [-0.39, 0.29) is 5.75 Å². The molecule has 0 atom stereocenters. The molecular weight excluding hydrogens is 429 g/mol. The molecule has 2 aliphatic heterocycles. The van der Waals surface area contributed by atoms with Gasteiger partial charge < -0.3 is 19.5 Å². The van der Waals surface area contributed by atoms with Crippen LogP contribution in [-0.2, 0) is 4.74 Å². The Bertz CT molecular complexity index is 1260. The van der Waals surface area contributed by atoms with E-state index in [1.807, 2.05) is 13.1 Å². The Balaban J connectivity index is 1.56. The smallest absolute Gasteiger partial charge is 0.415 e. The second-order valence-corrected chi connectivity index (χ2v) is 8.45. The molecule has 33 heavy (non-hydrogen) atoms. The molecule has 5 rings (SSSR count). The van der Waals surface area contributed by atoms with Gasteiger partial charge >= 0.3 is 6.09 Å². The Kier molecular flexibility index (Phi) is 4.97. The number of fused-ring (bicyclic) bond motifs is 1. The second kappa shape index (κ2) is 7.73. The fraction of sp³-hybridized carbons (Fsp3) is 0.348. The van der Waals surface area contributed by atoms with Crippen molar-refractivity contribution in [3.05, 3.63) is 42.0 Å². The van der Waals surface area contributed by atoms with Crippen molar-refractivity contribution in [1.29, 1.82) is 0 Å². The van der Waals surface area contributed by atoms with E-state index in [1.54, 1.807) is 31.1 Å². The first-order valence-electron chi connectivity index (χ1n) is 10.5. The summed E-state index contributed by atoms with van der Waals surface area (Å²) in [6.07, 6.45) is 1.02. The number of nitrogens with one attached hydrogen (secondary N) is 1. The van der Waals surface area contributed by atoms with E-state index in [0.29, 0.717) is 59.0 Å². The molecular formula is C23H24FN5O4. The van der Waals surface area contributed by atoms with Gasteiger partial charge in [-0.15, -0.1) is 0 Å². The maximum absolute atomic E-state index is 14.0. The van der Waals surface area contributed by atoms with E-state index in [0.717, 1.165) is 0 Å². The molecule has 3 aromatic rings. The van der Waals surface area contributed by atoms with Crippen molar-refractivity contribution in [2.75, 3.05) is 51.1 Å². The zero-order valence-corrected chi connectivity index (χ0v) is 18.8. The van der Waals surface area contributed by atoms with Crippen LogP contribution < -0.4 is 19.7 Å². The molecule has 0 saturated carbocycles. The normalized spacial score (nSPS) is 17.2. The SMILES string of the molecule is COc1cc2ncnc(Nc3ccc(F)c(OC)c3C)c2cc1N1CC2(CN(C)C2)OC1=O. The van der Waals surface area contributed by atoms with Gasteiger partial charge in [0.15, 0.2) is 17.2 Å². The van der Waals surface area contributed by atoms with Crippen molar-refractivity contribution < 1.29 is 23.4 Å². The van der Waals surface area contributed by atoms with Gasteiger partial charge in [-0.3, -0.25) is 9.80 Å². The number of ether oxygens (including phenoxy) is 3. The van der Waals surface area contributed by atoms with E-state index in [1.165, 1.54) is 19.5 Å². The highest BCUT2D eigenvalue weighted by Crippen LogP contribution is 2.41. The van der Waals surface area contributed by atoms with Gasteiger partial charge in [0.1, 0.15) is 17.9 Å². The number of nitrogens with zero attached hydrogens (tertiary/aromatic N) is 4. The Morgan fingerprint density at radius 3 is 2.64 bits per heavy atom. The van der Waals surface area contributed by atoms with Crippen molar-refractivity contribution in [2.24, 2.45) is 0 Å². The van der Waals surface area contributed by atoms with E-state index in [9.17, 15) is 9.18 Å². The summed E-state index contributed by atoms with van der Waals surface area (Å²) < 4.78 is 30.5. The number of benzene rings is 2. The maximum Gasteiger partial charge on any atom is 0.415 e. The number of rotatable bonds is 5. The average Bonchev–Trinajstić information content (AvgIpc) is 3.12. The van der Waals surface area contributed by atoms with Gasteiger partial charge in [-0.25, -0.2) is 19.2 Å². The Morgan fingerprint density at radius 2 is 1.94 bits per heavy atom. The first-order chi connectivity index (χ1) is 15.8. The Hall–Kier alpha value is -3.66. The zero-order valence-electron chi connectivity index (χ0n) is 18.8. The first-order valence-corrected chi connectivity index (χ1v) is 10.5. The maximum atomic E-state index is 14.0. The van der Waals surface area contributed by atoms with Crippen molar-refractivity contribution in [2.45, 2.75) is 12.5 Å². The molecule has 1 amide bonds. The highest BCUT2D eigenvalue weighted by molar-refractivity contribution is 6.00. The van der Waals surface area contributed by atoms with Crippen LogP contribution in [0.15, 0.2) is 30.6 Å². The Labute approximate surface area is 190 Å². The second-order valence-electron chi connectivity index (χ2n) is 8.45. The number of hydrogen-bond acceptors (Lipinski definition) is 8. The summed E-state index contributed by atoms with van der Waals surface area (Å²) in [5.74, 6) is 0.735. The van der Waals surface area contributed by atoms with E-state index in [4.69, 9.17) is 14.2 Å². The molecule has 172 valence electrons. The van der Waals surface area contributed by atoms with Gasteiger partial charge in [0.25, 0.3) is 0 Å². The monoisotopic (exact) mass is 453 g/mol. The minimum atomic E-state index is -0.498. The quantitative estimate of drug-likeness (QED) is 0.628. The third-order valence-electron chi connectivity index (χ3n) is 6.13. The first kappa shape index (κ1) is 21.2. The van der Waals surface area contributed by atoms with Crippen LogP contribution in [0.3, 0.4) is 0 Å². The van der Waals surface area contributed by atoms with Crippen molar-refractivity contribution >= 4 is 34.2 Å². The molecule has 2 aromatic carbocycles. The fourth-order valence-corrected chi connectivity index (χ4v) is 4.63. The Morgan fingerprint density at radius 1 is 1.15 bits per heavy atom. The molecule has 10 heteroatoms. The summed E-state index contributed by atoms with van der Waals surface area (Å²) in [6, 6.07) is 6.54. The van der Waals surface area contributed by atoms with Crippen LogP contribution in [0, 0.1) is 12.7 Å². The molecule has 0 unspecified atom stereocenters. The third-order valence-corrected chi connectivity index (χ3v) is 6.13. The number of methoxy groups -OCH3 is 2. The largest absolute Gasteiger partial charge is 0.494 e. The van der Waals surface area contributed by atoms with Crippen LogP contribution in [0.25, 0.3) is 10.9 Å². The van der Waals surface area contributed by atoms with Crippen molar-refractivity contribution in [3.63, 3.8) is 0 Å².